The molecule has 1 rings (SSSR count). The van der Waals surface area contributed by atoms with E-state index in [-0.39, 0.29) is 6.04 Å². The lowest BCUT2D eigenvalue weighted by atomic mass is 9.94. The van der Waals surface area contributed by atoms with Crippen molar-refractivity contribution in [1.29, 1.82) is 0 Å². The van der Waals surface area contributed by atoms with E-state index in [4.69, 9.17) is 0 Å². The first-order valence-electron chi connectivity index (χ1n) is 6.19. The van der Waals surface area contributed by atoms with Crippen LogP contribution in [0.5, 0.6) is 0 Å². The van der Waals surface area contributed by atoms with Crippen molar-refractivity contribution in [3.05, 3.63) is 35.4 Å². The standard InChI is InChI=1S/C14H20F3N/c1-10(2)8-9-13(18-3)11-6-4-5-7-12(11)14(15,16)17/h4-7,10,13,18H,8-9H2,1-3H3. The van der Waals surface area contributed by atoms with Gasteiger partial charge in [-0.25, -0.2) is 0 Å². The monoisotopic (exact) mass is 259 g/mol. The minimum Gasteiger partial charge on any atom is -0.313 e. The van der Waals surface area contributed by atoms with E-state index in [1.165, 1.54) is 6.07 Å². The highest BCUT2D eigenvalue weighted by Crippen LogP contribution is 2.35. The van der Waals surface area contributed by atoms with Crippen LogP contribution in [0.15, 0.2) is 24.3 Å². The van der Waals surface area contributed by atoms with Gasteiger partial charge in [0.1, 0.15) is 0 Å². The van der Waals surface area contributed by atoms with Gasteiger partial charge in [-0.3, -0.25) is 0 Å². The molecule has 1 unspecified atom stereocenters. The second-order valence-electron chi connectivity index (χ2n) is 4.90. The lowest BCUT2D eigenvalue weighted by Gasteiger charge is -2.22. The van der Waals surface area contributed by atoms with Gasteiger partial charge < -0.3 is 5.32 Å². The molecule has 0 heterocycles. The number of hydrogen-bond acceptors (Lipinski definition) is 1. The average molecular weight is 259 g/mol. The van der Waals surface area contributed by atoms with E-state index in [2.05, 4.69) is 19.2 Å². The van der Waals surface area contributed by atoms with Crippen LogP contribution in [0.3, 0.4) is 0 Å². The molecule has 0 amide bonds. The first-order chi connectivity index (χ1) is 8.36. The highest BCUT2D eigenvalue weighted by atomic mass is 19.4. The van der Waals surface area contributed by atoms with Crippen molar-refractivity contribution in [3.8, 4) is 0 Å². The van der Waals surface area contributed by atoms with Gasteiger partial charge in [-0.05, 0) is 37.4 Å². The van der Waals surface area contributed by atoms with E-state index in [1.54, 1.807) is 19.2 Å². The zero-order chi connectivity index (χ0) is 13.8. The van der Waals surface area contributed by atoms with Crippen LogP contribution in [-0.2, 0) is 6.18 Å². The molecule has 0 saturated heterocycles. The van der Waals surface area contributed by atoms with Crippen LogP contribution in [0.25, 0.3) is 0 Å². The normalized spacial score (nSPS) is 13.9. The van der Waals surface area contributed by atoms with E-state index in [0.717, 1.165) is 12.5 Å². The number of nitrogens with one attached hydrogen (secondary N) is 1. The summed E-state index contributed by atoms with van der Waals surface area (Å²) in [6, 6.07) is 5.55. The summed E-state index contributed by atoms with van der Waals surface area (Å²) in [4.78, 5) is 0. The minimum atomic E-state index is -4.29. The van der Waals surface area contributed by atoms with Crippen LogP contribution >= 0.6 is 0 Å². The molecule has 4 heteroatoms. The first-order valence-corrected chi connectivity index (χ1v) is 6.19. The number of benzene rings is 1. The van der Waals surface area contributed by atoms with Crippen LogP contribution in [0.2, 0.25) is 0 Å². The fraction of sp³-hybridized carbons (Fsp3) is 0.571. The van der Waals surface area contributed by atoms with Crippen molar-refractivity contribution < 1.29 is 13.2 Å². The number of halogens is 3. The largest absolute Gasteiger partial charge is 0.416 e. The Balaban J connectivity index is 2.98. The van der Waals surface area contributed by atoms with E-state index in [9.17, 15) is 13.2 Å². The summed E-state index contributed by atoms with van der Waals surface area (Å²) in [5.74, 6) is 0.485. The van der Waals surface area contributed by atoms with Crippen molar-refractivity contribution in [3.63, 3.8) is 0 Å². The zero-order valence-electron chi connectivity index (χ0n) is 11.0. The van der Waals surface area contributed by atoms with E-state index < -0.39 is 11.7 Å². The molecule has 18 heavy (non-hydrogen) atoms. The second-order valence-corrected chi connectivity index (χ2v) is 4.90. The Labute approximate surface area is 106 Å². The summed E-state index contributed by atoms with van der Waals surface area (Å²) in [6.07, 6.45) is -2.68. The molecule has 0 spiro atoms. The summed E-state index contributed by atoms with van der Waals surface area (Å²) < 4.78 is 38.7. The summed E-state index contributed by atoms with van der Waals surface area (Å²) in [6.45, 7) is 4.14. The SMILES string of the molecule is CNC(CCC(C)C)c1ccccc1C(F)(F)F. The van der Waals surface area contributed by atoms with Gasteiger partial charge in [0.2, 0.25) is 0 Å². The lowest BCUT2D eigenvalue weighted by Crippen LogP contribution is -2.21. The molecule has 102 valence electrons. The van der Waals surface area contributed by atoms with E-state index in [1.807, 2.05) is 0 Å². The molecule has 1 aromatic rings. The molecule has 1 nitrogen and oxygen atoms in total. The lowest BCUT2D eigenvalue weighted by molar-refractivity contribution is -0.138. The minimum absolute atomic E-state index is 0.245. The van der Waals surface area contributed by atoms with Crippen molar-refractivity contribution >= 4 is 0 Å². The molecule has 0 aromatic heterocycles. The third-order valence-electron chi connectivity index (χ3n) is 3.02. The first kappa shape index (κ1) is 15.0. The molecule has 1 atom stereocenters. The highest BCUT2D eigenvalue weighted by Gasteiger charge is 2.34. The fourth-order valence-corrected chi connectivity index (χ4v) is 2.01. The topological polar surface area (TPSA) is 12.0 Å². The third kappa shape index (κ3) is 4.02. The molecule has 0 radical (unpaired) electrons. The van der Waals surface area contributed by atoms with Crippen molar-refractivity contribution in [2.45, 2.75) is 38.9 Å². The van der Waals surface area contributed by atoms with Crippen LogP contribution in [0, 0.1) is 5.92 Å². The Morgan fingerprint density at radius 2 is 1.72 bits per heavy atom. The average Bonchev–Trinajstić information content (AvgIpc) is 2.29. The van der Waals surface area contributed by atoms with Gasteiger partial charge in [0.25, 0.3) is 0 Å². The Bertz CT molecular complexity index is 372. The maximum atomic E-state index is 12.9. The zero-order valence-corrected chi connectivity index (χ0v) is 11.0. The molecule has 0 aliphatic heterocycles. The Morgan fingerprint density at radius 3 is 2.22 bits per heavy atom. The maximum Gasteiger partial charge on any atom is 0.416 e. The van der Waals surface area contributed by atoms with Gasteiger partial charge in [0, 0.05) is 6.04 Å². The van der Waals surface area contributed by atoms with Crippen LogP contribution < -0.4 is 5.32 Å². The van der Waals surface area contributed by atoms with Crippen LogP contribution in [0.1, 0.15) is 43.9 Å². The number of hydrogen-bond donors (Lipinski definition) is 1. The fourth-order valence-electron chi connectivity index (χ4n) is 2.01. The summed E-state index contributed by atoms with van der Waals surface area (Å²) >= 11 is 0. The van der Waals surface area contributed by atoms with Gasteiger partial charge in [-0.1, -0.05) is 32.0 Å². The summed E-state index contributed by atoms with van der Waals surface area (Å²) in [5, 5.41) is 2.99. The maximum absolute atomic E-state index is 12.9. The van der Waals surface area contributed by atoms with Crippen molar-refractivity contribution in [1.82, 2.24) is 5.32 Å². The highest BCUT2D eigenvalue weighted by molar-refractivity contribution is 5.32. The van der Waals surface area contributed by atoms with Gasteiger partial charge in [-0.15, -0.1) is 0 Å². The van der Waals surface area contributed by atoms with E-state index in [0.29, 0.717) is 17.9 Å². The predicted octanol–water partition coefficient (Wildman–Crippen LogP) is 4.40. The van der Waals surface area contributed by atoms with Gasteiger partial charge in [0.15, 0.2) is 0 Å². The van der Waals surface area contributed by atoms with E-state index >= 15 is 0 Å². The van der Waals surface area contributed by atoms with Crippen molar-refractivity contribution in [2.75, 3.05) is 7.05 Å². The molecule has 0 fully saturated rings. The quantitative estimate of drug-likeness (QED) is 0.826. The molecule has 0 aliphatic carbocycles. The Morgan fingerprint density at radius 1 is 1.11 bits per heavy atom. The molecular formula is C14H20F3N. The predicted molar refractivity (Wildman–Crippen MR) is 67.3 cm³/mol. The van der Waals surface area contributed by atoms with Gasteiger partial charge in [0.05, 0.1) is 5.56 Å². The molecule has 1 N–H and O–H groups in total. The van der Waals surface area contributed by atoms with Crippen LogP contribution in [-0.4, -0.2) is 7.05 Å². The summed E-state index contributed by atoms with van der Waals surface area (Å²) in [5.41, 5.74) is -0.193. The number of alkyl halides is 3. The molecule has 0 saturated carbocycles. The Hall–Kier alpha value is -1.03. The second kappa shape index (κ2) is 6.23. The molecule has 0 bridgehead atoms. The number of rotatable bonds is 5. The van der Waals surface area contributed by atoms with Gasteiger partial charge in [-0.2, -0.15) is 13.2 Å². The molecule has 1 aromatic carbocycles. The Kier molecular flexibility index (Phi) is 5.20. The summed E-state index contributed by atoms with van der Waals surface area (Å²) in [7, 11) is 1.71. The van der Waals surface area contributed by atoms with Gasteiger partial charge >= 0.3 is 6.18 Å². The molecule has 0 aliphatic rings. The smallest absolute Gasteiger partial charge is 0.313 e. The van der Waals surface area contributed by atoms with Crippen LogP contribution in [0.4, 0.5) is 13.2 Å². The third-order valence-corrected chi connectivity index (χ3v) is 3.02. The molecular weight excluding hydrogens is 239 g/mol. The van der Waals surface area contributed by atoms with Crippen molar-refractivity contribution in [2.24, 2.45) is 5.92 Å².